The van der Waals surface area contributed by atoms with Gasteiger partial charge in [0, 0.05) is 15.8 Å². The zero-order valence-corrected chi connectivity index (χ0v) is 14.0. The zero-order valence-electron chi connectivity index (χ0n) is 10.7. The smallest absolute Gasteiger partial charge is 0.178 e. The van der Waals surface area contributed by atoms with Crippen molar-refractivity contribution in [3.63, 3.8) is 0 Å². The monoisotopic (exact) mass is 370 g/mol. The summed E-state index contributed by atoms with van der Waals surface area (Å²) in [5.41, 5.74) is 1.64. The van der Waals surface area contributed by atoms with Crippen molar-refractivity contribution >= 4 is 50.5 Å². The standard InChI is InChI=1S/C14H12BrFN2S2/c1-2-8-3-4-9(20-8)7-18-13-5-10(15)11(16)6-12(13)17-14(18)19/h3-6H,2,7H2,1H3,(H,17,19). The first kappa shape index (κ1) is 14.0. The third-order valence-electron chi connectivity index (χ3n) is 3.20. The Kier molecular flexibility index (Phi) is 3.79. The Morgan fingerprint density at radius 1 is 1.35 bits per heavy atom. The van der Waals surface area contributed by atoms with Crippen LogP contribution in [0.2, 0.25) is 0 Å². The molecule has 0 amide bonds. The fraction of sp³-hybridized carbons (Fsp3) is 0.214. The van der Waals surface area contributed by atoms with Crippen LogP contribution in [0.1, 0.15) is 16.7 Å². The fourth-order valence-corrected chi connectivity index (χ4v) is 3.71. The van der Waals surface area contributed by atoms with Crippen LogP contribution in [-0.4, -0.2) is 9.55 Å². The molecular formula is C14H12BrFN2S2. The Bertz CT molecular complexity index is 831. The summed E-state index contributed by atoms with van der Waals surface area (Å²) in [6.07, 6.45) is 1.04. The number of H-pyrrole nitrogens is 1. The number of nitrogens with zero attached hydrogens (tertiary/aromatic N) is 1. The van der Waals surface area contributed by atoms with Crippen LogP contribution in [-0.2, 0) is 13.0 Å². The number of benzene rings is 1. The van der Waals surface area contributed by atoms with Crippen molar-refractivity contribution in [1.82, 2.24) is 9.55 Å². The molecular weight excluding hydrogens is 359 g/mol. The second kappa shape index (κ2) is 5.42. The maximum Gasteiger partial charge on any atom is 0.178 e. The van der Waals surface area contributed by atoms with Crippen molar-refractivity contribution < 1.29 is 4.39 Å². The molecule has 0 fully saturated rings. The summed E-state index contributed by atoms with van der Waals surface area (Å²) < 4.78 is 16.6. The fourth-order valence-electron chi connectivity index (χ4n) is 2.16. The Balaban J connectivity index is 2.08. The molecule has 0 atom stereocenters. The van der Waals surface area contributed by atoms with Crippen molar-refractivity contribution in [3.05, 3.63) is 49.1 Å². The van der Waals surface area contributed by atoms with E-state index in [1.165, 1.54) is 15.8 Å². The summed E-state index contributed by atoms with van der Waals surface area (Å²) >= 11 is 10.4. The molecule has 1 aromatic carbocycles. The molecule has 0 unspecified atom stereocenters. The maximum atomic E-state index is 13.6. The number of hydrogen-bond acceptors (Lipinski definition) is 2. The van der Waals surface area contributed by atoms with Gasteiger partial charge in [0.05, 0.1) is 22.1 Å². The van der Waals surface area contributed by atoms with Crippen LogP contribution in [0.3, 0.4) is 0 Å². The molecule has 0 radical (unpaired) electrons. The van der Waals surface area contributed by atoms with E-state index in [2.05, 4.69) is 40.0 Å². The summed E-state index contributed by atoms with van der Waals surface area (Å²) in [6, 6.07) is 7.51. The van der Waals surface area contributed by atoms with E-state index in [-0.39, 0.29) is 5.82 Å². The van der Waals surface area contributed by atoms with Gasteiger partial charge in [-0.2, -0.15) is 0 Å². The average molecular weight is 371 g/mol. The second-order valence-electron chi connectivity index (χ2n) is 4.52. The van der Waals surface area contributed by atoms with Gasteiger partial charge >= 0.3 is 0 Å². The minimum Gasteiger partial charge on any atom is -0.330 e. The molecule has 0 aliphatic rings. The average Bonchev–Trinajstić information content (AvgIpc) is 2.98. The van der Waals surface area contributed by atoms with Crippen LogP contribution in [0, 0.1) is 10.6 Å². The van der Waals surface area contributed by atoms with E-state index in [4.69, 9.17) is 12.2 Å². The van der Waals surface area contributed by atoms with Gasteiger partial charge in [0.25, 0.3) is 0 Å². The van der Waals surface area contributed by atoms with E-state index in [1.54, 1.807) is 17.4 Å². The molecule has 0 aliphatic heterocycles. The highest BCUT2D eigenvalue weighted by Crippen LogP contribution is 2.25. The van der Waals surface area contributed by atoms with E-state index in [0.29, 0.717) is 15.8 Å². The summed E-state index contributed by atoms with van der Waals surface area (Å²) in [7, 11) is 0. The lowest BCUT2D eigenvalue weighted by Gasteiger charge is -2.03. The number of aromatic amines is 1. The van der Waals surface area contributed by atoms with Gasteiger partial charge < -0.3 is 9.55 Å². The van der Waals surface area contributed by atoms with Gasteiger partial charge in [-0.05, 0) is 52.8 Å². The summed E-state index contributed by atoms with van der Waals surface area (Å²) in [6.45, 7) is 2.86. The maximum absolute atomic E-state index is 13.6. The zero-order chi connectivity index (χ0) is 14.3. The summed E-state index contributed by atoms with van der Waals surface area (Å²) in [5.74, 6) is -0.287. The van der Waals surface area contributed by atoms with Crippen LogP contribution in [0.25, 0.3) is 11.0 Å². The molecule has 104 valence electrons. The molecule has 0 aliphatic carbocycles. The number of rotatable bonds is 3. The van der Waals surface area contributed by atoms with E-state index < -0.39 is 0 Å². The first-order chi connectivity index (χ1) is 9.58. The van der Waals surface area contributed by atoms with Crippen molar-refractivity contribution in [3.8, 4) is 0 Å². The quantitative estimate of drug-likeness (QED) is 0.622. The summed E-state index contributed by atoms with van der Waals surface area (Å²) in [4.78, 5) is 5.67. The lowest BCUT2D eigenvalue weighted by molar-refractivity contribution is 0.622. The van der Waals surface area contributed by atoms with Gasteiger partial charge in [-0.25, -0.2) is 4.39 Å². The predicted octanol–water partition coefficient (Wildman–Crippen LogP) is 5.27. The van der Waals surface area contributed by atoms with Crippen molar-refractivity contribution in [2.45, 2.75) is 19.9 Å². The number of fused-ring (bicyclic) bond motifs is 1. The number of imidazole rings is 1. The highest BCUT2D eigenvalue weighted by Gasteiger charge is 2.10. The molecule has 1 N–H and O–H groups in total. The Morgan fingerprint density at radius 2 is 2.10 bits per heavy atom. The van der Waals surface area contributed by atoms with Crippen molar-refractivity contribution in [2.24, 2.45) is 0 Å². The highest BCUT2D eigenvalue weighted by atomic mass is 79.9. The molecule has 0 saturated heterocycles. The van der Waals surface area contributed by atoms with Crippen LogP contribution >= 0.6 is 39.5 Å². The molecule has 2 aromatic heterocycles. The van der Waals surface area contributed by atoms with Crippen LogP contribution in [0.4, 0.5) is 4.39 Å². The van der Waals surface area contributed by atoms with E-state index in [1.807, 2.05) is 4.57 Å². The second-order valence-corrected chi connectivity index (χ2v) is 7.02. The van der Waals surface area contributed by atoms with E-state index in [0.717, 1.165) is 17.5 Å². The molecule has 3 rings (SSSR count). The molecule has 3 aromatic rings. The Hall–Kier alpha value is -0.980. The summed E-state index contributed by atoms with van der Waals surface area (Å²) in [5, 5.41) is 0. The topological polar surface area (TPSA) is 20.7 Å². The van der Waals surface area contributed by atoms with Crippen LogP contribution in [0.5, 0.6) is 0 Å². The Labute approximate surface area is 133 Å². The van der Waals surface area contributed by atoms with Gasteiger partial charge in [-0.3, -0.25) is 0 Å². The third kappa shape index (κ3) is 2.47. The SMILES string of the molecule is CCc1ccc(Cn2c(=S)[nH]c3cc(F)c(Br)cc32)s1. The number of thiophene rings is 1. The van der Waals surface area contributed by atoms with Crippen molar-refractivity contribution in [1.29, 1.82) is 0 Å². The Morgan fingerprint density at radius 3 is 2.80 bits per heavy atom. The number of aryl methyl sites for hydroxylation is 1. The minimum atomic E-state index is -0.287. The van der Waals surface area contributed by atoms with Gasteiger partial charge in [0.2, 0.25) is 0 Å². The molecule has 6 heteroatoms. The first-order valence-electron chi connectivity index (χ1n) is 6.23. The molecule has 0 spiro atoms. The number of aromatic nitrogens is 2. The molecule has 0 bridgehead atoms. The normalized spacial score (nSPS) is 11.3. The highest BCUT2D eigenvalue weighted by molar-refractivity contribution is 9.10. The molecule has 0 saturated carbocycles. The predicted molar refractivity (Wildman–Crippen MR) is 87.6 cm³/mol. The third-order valence-corrected chi connectivity index (χ3v) is 5.34. The van der Waals surface area contributed by atoms with Crippen LogP contribution < -0.4 is 0 Å². The van der Waals surface area contributed by atoms with Gasteiger partial charge in [-0.1, -0.05) is 6.92 Å². The molecule has 2 nitrogen and oxygen atoms in total. The largest absolute Gasteiger partial charge is 0.330 e. The first-order valence-corrected chi connectivity index (χ1v) is 8.25. The van der Waals surface area contributed by atoms with Crippen LogP contribution in [0.15, 0.2) is 28.7 Å². The number of hydrogen-bond donors (Lipinski definition) is 1. The van der Waals surface area contributed by atoms with E-state index in [9.17, 15) is 4.39 Å². The van der Waals surface area contributed by atoms with Crippen molar-refractivity contribution in [2.75, 3.05) is 0 Å². The van der Waals surface area contributed by atoms with Gasteiger partial charge in [0.15, 0.2) is 4.77 Å². The molecule has 20 heavy (non-hydrogen) atoms. The lowest BCUT2D eigenvalue weighted by Crippen LogP contribution is -1.97. The van der Waals surface area contributed by atoms with E-state index >= 15 is 0 Å². The lowest BCUT2D eigenvalue weighted by atomic mass is 10.3. The molecule has 2 heterocycles. The number of halogens is 2. The number of nitrogens with one attached hydrogen (secondary N) is 1. The van der Waals surface area contributed by atoms with Gasteiger partial charge in [0.1, 0.15) is 5.82 Å². The minimum absolute atomic E-state index is 0.287. The van der Waals surface area contributed by atoms with Gasteiger partial charge in [-0.15, -0.1) is 11.3 Å².